The van der Waals surface area contributed by atoms with E-state index in [1.54, 1.807) is 19.2 Å². The number of hydrogen-bond acceptors (Lipinski definition) is 3. The summed E-state index contributed by atoms with van der Waals surface area (Å²) >= 11 is 0. The first kappa shape index (κ1) is 12.8. The molecular formula is C11H16F2N2O. The largest absolute Gasteiger partial charge is 0.472 e. The average molecular weight is 230 g/mol. The van der Waals surface area contributed by atoms with Crippen LogP contribution in [0.25, 0.3) is 0 Å². The number of ether oxygens (including phenoxy) is 1. The molecule has 0 aliphatic carbocycles. The second-order valence-corrected chi connectivity index (χ2v) is 3.50. The lowest BCUT2D eigenvalue weighted by Crippen LogP contribution is -2.09. The summed E-state index contributed by atoms with van der Waals surface area (Å²) in [6.45, 7) is 4.71. The first-order chi connectivity index (χ1) is 7.63. The van der Waals surface area contributed by atoms with E-state index >= 15 is 0 Å². The first-order valence-corrected chi connectivity index (χ1v) is 5.14. The Bertz CT molecular complexity index is 322. The van der Waals surface area contributed by atoms with E-state index in [1.165, 1.54) is 5.57 Å². The number of rotatable bonds is 5. The number of alkyl halides is 2. The molecule has 0 aromatic rings. The molecule has 16 heavy (non-hydrogen) atoms. The third-order valence-electron chi connectivity index (χ3n) is 2.21. The second-order valence-electron chi connectivity index (χ2n) is 3.50. The summed E-state index contributed by atoms with van der Waals surface area (Å²) in [6, 6.07) is 0. The lowest BCUT2D eigenvalue weighted by molar-refractivity contribution is 0.0481. The van der Waals surface area contributed by atoms with Crippen LogP contribution < -0.4 is 5.32 Å². The van der Waals surface area contributed by atoms with Crippen molar-refractivity contribution in [2.45, 2.75) is 20.3 Å². The van der Waals surface area contributed by atoms with Crippen molar-refractivity contribution in [2.75, 3.05) is 19.7 Å². The zero-order valence-electron chi connectivity index (χ0n) is 9.46. The molecule has 0 spiro atoms. The molecule has 0 amide bonds. The molecule has 90 valence electrons. The molecule has 0 saturated carbocycles. The molecule has 3 nitrogen and oxygen atoms in total. The Morgan fingerprint density at radius 1 is 1.56 bits per heavy atom. The summed E-state index contributed by atoms with van der Waals surface area (Å²) in [4.78, 5) is 4.03. The third kappa shape index (κ3) is 4.10. The predicted molar refractivity (Wildman–Crippen MR) is 59.8 cm³/mol. The Hall–Kier alpha value is -1.23. The number of halogens is 2. The molecule has 0 bridgehead atoms. The molecule has 1 aliphatic heterocycles. The van der Waals surface area contributed by atoms with Gasteiger partial charge in [-0.25, -0.2) is 13.8 Å². The van der Waals surface area contributed by atoms with E-state index in [9.17, 15) is 8.78 Å². The molecule has 0 fully saturated rings. The summed E-state index contributed by atoms with van der Waals surface area (Å²) in [6.07, 6.45) is 0.757. The predicted octanol–water partition coefficient (Wildman–Crippen LogP) is 2.12. The van der Waals surface area contributed by atoms with Gasteiger partial charge in [0.1, 0.15) is 0 Å². The van der Waals surface area contributed by atoms with Crippen LogP contribution in [0.3, 0.4) is 0 Å². The zero-order valence-corrected chi connectivity index (χ0v) is 9.46. The quantitative estimate of drug-likeness (QED) is 0.579. The third-order valence-corrected chi connectivity index (χ3v) is 2.21. The number of hydrogen-bond donors (Lipinski definition) is 1. The molecule has 0 radical (unpaired) electrons. The minimum atomic E-state index is -2.47. The van der Waals surface area contributed by atoms with Crippen LogP contribution in [0.5, 0.6) is 0 Å². The highest BCUT2D eigenvalue weighted by atomic mass is 19.3. The van der Waals surface area contributed by atoms with Crippen molar-refractivity contribution in [3.05, 3.63) is 23.1 Å². The number of aliphatic imine (C=N–C) groups is 1. The fraction of sp³-hybridized carbons (Fsp3) is 0.545. The van der Waals surface area contributed by atoms with Crippen LogP contribution in [0, 0.1) is 0 Å². The van der Waals surface area contributed by atoms with Gasteiger partial charge < -0.3 is 10.1 Å². The molecule has 1 rings (SSSR count). The fourth-order valence-electron chi connectivity index (χ4n) is 1.29. The van der Waals surface area contributed by atoms with Gasteiger partial charge in [-0.15, -0.1) is 0 Å². The van der Waals surface area contributed by atoms with Gasteiger partial charge in [0.2, 0.25) is 5.88 Å². The summed E-state index contributed by atoms with van der Waals surface area (Å²) in [5.74, 6) is 0.229. The maximum atomic E-state index is 11.9. The van der Waals surface area contributed by atoms with Crippen LogP contribution in [0.1, 0.15) is 13.8 Å². The maximum Gasteiger partial charge on any atom is 0.272 e. The summed E-state index contributed by atoms with van der Waals surface area (Å²) < 4.78 is 28.6. The molecule has 5 heteroatoms. The van der Waals surface area contributed by atoms with E-state index in [0.29, 0.717) is 0 Å². The monoisotopic (exact) mass is 230 g/mol. The summed E-state index contributed by atoms with van der Waals surface area (Å²) in [7, 11) is 0. The van der Waals surface area contributed by atoms with Crippen molar-refractivity contribution in [1.29, 1.82) is 0 Å². The van der Waals surface area contributed by atoms with Crippen molar-refractivity contribution < 1.29 is 13.5 Å². The van der Waals surface area contributed by atoms with Gasteiger partial charge in [0, 0.05) is 19.3 Å². The highest BCUT2D eigenvalue weighted by Crippen LogP contribution is 2.08. The van der Waals surface area contributed by atoms with Crippen LogP contribution in [-0.4, -0.2) is 32.3 Å². The van der Waals surface area contributed by atoms with Crippen LogP contribution >= 0.6 is 0 Å². The summed E-state index contributed by atoms with van der Waals surface area (Å²) in [5, 5.41) is 3.17. The SMILES string of the molecule is CC=C(N=CC1=C(C)CNC1)OCC(F)F. The van der Waals surface area contributed by atoms with Crippen LogP contribution in [-0.2, 0) is 4.74 Å². The van der Waals surface area contributed by atoms with E-state index in [4.69, 9.17) is 4.74 Å². The van der Waals surface area contributed by atoms with Gasteiger partial charge in [-0.05, 0) is 25.5 Å². The topological polar surface area (TPSA) is 33.6 Å². The second kappa shape index (κ2) is 6.37. The molecule has 1 aliphatic rings. The van der Waals surface area contributed by atoms with Crippen LogP contribution in [0.2, 0.25) is 0 Å². The summed E-state index contributed by atoms with van der Waals surface area (Å²) in [5.41, 5.74) is 2.30. The van der Waals surface area contributed by atoms with Gasteiger partial charge in [-0.1, -0.05) is 5.57 Å². The van der Waals surface area contributed by atoms with Crippen molar-refractivity contribution in [2.24, 2.45) is 4.99 Å². The Morgan fingerprint density at radius 3 is 2.81 bits per heavy atom. The normalized spacial score (nSPS) is 17.9. The fourth-order valence-corrected chi connectivity index (χ4v) is 1.29. The zero-order chi connectivity index (χ0) is 12.0. The van der Waals surface area contributed by atoms with Crippen LogP contribution in [0.15, 0.2) is 28.1 Å². The smallest absolute Gasteiger partial charge is 0.272 e. The Kier molecular flexibility index (Phi) is 5.11. The minimum absolute atomic E-state index is 0.229. The van der Waals surface area contributed by atoms with Crippen molar-refractivity contribution in [3.63, 3.8) is 0 Å². The van der Waals surface area contributed by atoms with Crippen molar-refractivity contribution in [1.82, 2.24) is 5.32 Å². The van der Waals surface area contributed by atoms with Gasteiger partial charge in [-0.2, -0.15) is 0 Å². The minimum Gasteiger partial charge on any atom is -0.472 e. The molecule has 1 N–H and O–H groups in total. The molecular weight excluding hydrogens is 214 g/mol. The van der Waals surface area contributed by atoms with Crippen LogP contribution in [0.4, 0.5) is 8.78 Å². The van der Waals surface area contributed by atoms with Gasteiger partial charge in [0.05, 0.1) is 0 Å². The Labute approximate surface area is 93.9 Å². The highest BCUT2D eigenvalue weighted by Gasteiger charge is 2.08. The van der Waals surface area contributed by atoms with E-state index in [2.05, 4.69) is 10.3 Å². The Balaban J connectivity index is 2.50. The molecule has 0 aromatic carbocycles. The lowest BCUT2D eigenvalue weighted by atomic mass is 10.2. The lowest BCUT2D eigenvalue weighted by Gasteiger charge is -2.04. The molecule has 0 atom stereocenters. The van der Waals surface area contributed by atoms with Crippen molar-refractivity contribution in [3.8, 4) is 0 Å². The average Bonchev–Trinajstić information content (AvgIpc) is 2.64. The van der Waals surface area contributed by atoms with Gasteiger partial charge in [0.25, 0.3) is 6.43 Å². The van der Waals surface area contributed by atoms with E-state index in [1.807, 2.05) is 6.92 Å². The van der Waals surface area contributed by atoms with Crippen molar-refractivity contribution >= 4 is 6.21 Å². The molecule has 0 aromatic heterocycles. The van der Waals surface area contributed by atoms with E-state index in [0.717, 1.165) is 18.7 Å². The number of allylic oxidation sites excluding steroid dienone is 1. The number of nitrogens with one attached hydrogen (secondary N) is 1. The maximum absolute atomic E-state index is 11.9. The molecule has 0 saturated heterocycles. The van der Waals surface area contributed by atoms with Gasteiger partial charge in [-0.3, -0.25) is 0 Å². The molecule has 1 heterocycles. The van der Waals surface area contributed by atoms with E-state index in [-0.39, 0.29) is 5.88 Å². The Morgan fingerprint density at radius 2 is 2.31 bits per heavy atom. The first-order valence-electron chi connectivity index (χ1n) is 5.14. The standard InChI is InChI=1S/C11H16F2N2O/c1-3-11(16-7-10(12)13)15-6-9-5-14-4-8(9)2/h3,6,10,14H,4-5,7H2,1-2H3. The van der Waals surface area contributed by atoms with E-state index < -0.39 is 13.0 Å². The molecule has 0 unspecified atom stereocenters. The van der Waals surface area contributed by atoms with Gasteiger partial charge >= 0.3 is 0 Å². The van der Waals surface area contributed by atoms with Gasteiger partial charge in [0.15, 0.2) is 6.61 Å². The number of nitrogens with zero attached hydrogens (tertiary/aromatic N) is 1. The highest BCUT2D eigenvalue weighted by molar-refractivity contribution is 5.81.